The Hall–Kier alpha value is -2.97. The van der Waals surface area contributed by atoms with Crippen LogP contribution in [0.1, 0.15) is 38.8 Å². The summed E-state index contributed by atoms with van der Waals surface area (Å²) in [5.41, 5.74) is -0.223. The predicted molar refractivity (Wildman–Crippen MR) is 124 cm³/mol. The molecule has 0 saturated heterocycles. The molecule has 7 nitrogen and oxygen atoms in total. The van der Waals surface area contributed by atoms with E-state index in [1.807, 2.05) is 0 Å². The van der Waals surface area contributed by atoms with Gasteiger partial charge in [0.25, 0.3) is 0 Å². The van der Waals surface area contributed by atoms with Gasteiger partial charge in [-0.3, -0.25) is 4.79 Å². The van der Waals surface area contributed by atoms with Crippen LogP contribution in [0.15, 0.2) is 51.7 Å². The summed E-state index contributed by atoms with van der Waals surface area (Å²) >= 11 is 24.5. The van der Waals surface area contributed by atoms with E-state index in [1.54, 1.807) is 0 Å². The van der Waals surface area contributed by atoms with Gasteiger partial charge in [0.15, 0.2) is 23.5 Å². The molecule has 33 heavy (non-hydrogen) atoms. The predicted octanol–water partition coefficient (Wildman–Crippen LogP) is 6.08. The Bertz CT molecular complexity index is 1320. The molecule has 0 unspecified atom stereocenters. The number of halogens is 4. The van der Waals surface area contributed by atoms with Crippen molar-refractivity contribution in [3.05, 3.63) is 84.0 Å². The number of carboxylic acids is 2. The lowest BCUT2D eigenvalue weighted by molar-refractivity contribution is -0.104. The molecule has 2 aromatic rings. The number of aldehydes is 1. The van der Waals surface area contributed by atoms with E-state index < -0.39 is 22.7 Å². The normalized spacial score (nSPS) is 15.0. The molecule has 170 valence electrons. The third-order valence-electron chi connectivity index (χ3n) is 4.57. The molecule has 2 aromatic carbocycles. The van der Waals surface area contributed by atoms with Gasteiger partial charge in [-0.25, -0.2) is 9.59 Å². The van der Waals surface area contributed by atoms with Crippen LogP contribution in [-0.4, -0.2) is 33.5 Å². The first-order valence-electron chi connectivity index (χ1n) is 8.91. The first kappa shape index (κ1) is 24.7. The maximum Gasteiger partial charge on any atom is 0.336 e. The summed E-state index contributed by atoms with van der Waals surface area (Å²) < 4.78 is 5.74. The van der Waals surface area contributed by atoms with E-state index in [4.69, 9.17) is 51.1 Å². The Morgan fingerprint density at radius 1 is 1.03 bits per heavy atom. The summed E-state index contributed by atoms with van der Waals surface area (Å²) in [5, 5.41) is 28.6. The number of allylic oxidation sites excluding steroid dienone is 3. The van der Waals surface area contributed by atoms with Crippen molar-refractivity contribution in [1.29, 1.82) is 0 Å². The zero-order valence-electron chi connectivity index (χ0n) is 16.5. The van der Waals surface area contributed by atoms with E-state index in [0.717, 1.165) is 6.07 Å². The number of ether oxygens (including phenoxy) is 1. The number of aromatic hydroxyl groups is 1. The molecule has 3 rings (SSSR count). The van der Waals surface area contributed by atoms with Crippen LogP contribution in [-0.2, 0) is 4.79 Å². The Labute approximate surface area is 206 Å². The molecule has 0 atom stereocenters. The summed E-state index contributed by atoms with van der Waals surface area (Å²) in [6, 6.07) is 4.74. The van der Waals surface area contributed by atoms with E-state index in [-0.39, 0.29) is 60.0 Å². The lowest BCUT2D eigenvalue weighted by Crippen LogP contribution is -2.15. The third-order valence-corrected chi connectivity index (χ3v) is 5.58. The highest BCUT2D eigenvalue weighted by Gasteiger charge is 2.33. The van der Waals surface area contributed by atoms with Crippen molar-refractivity contribution in [3.63, 3.8) is 0 Å². The number of carbonyl (C=O) groups excluding carboxylic acids is 1. The van der Waals surface area contributed by atoms with Crippen molar-refractivity contribution in [1.82, 2.24) is 0 Å². The van der Waals surface area contributed by atoms with Gasteiger partial charge < -0.3 is 20.1 Å². The SMILES string of the molecule is C/C(Cl)=C\C1=C(c2ccc(C(=O)O)cc2C(=O)O)c2cc(Cl)c(O)c(Cl)c2O/C1=C(\Cl)C=O. The highest BCUT2D eigenvalue weighted by molar-refractivity contribution is 6.40. The number of rotatable bonds is 5. The van der Waals surface area contributed by atoms with Gasteiger partial charge in [-0.05, 0) is 36.8 Å². The quantitative estimate of drug-likeness (QED) is 0.317. The molecule has 0 radical (unpaired) electrons. The highest BCUT2D eigenvalue weighted by Crippen LogP contribution is 2.51. The molecule has 3 N–H and O–H groups in total. The molecule has 0 saturated carbocycles. The number of hydrogen-bond donors (Lipinski definition) is 3. The highest BCUT2D eigenvalue weighted by atomic mass is 35.5. The minimum atomic E-state index is -1.43. The minimum absolute atomic E-state index is 0.0342. The van der Waals surface area contributed by atoms with Crippen molar-refractivity contribution in [2.75, 3.05) is 0 Å². The molecule has 0 aliphatic carbocycles. The van der Waals surface area contributed by atoms with Gasteiger partial charge in [-0.1, -0.05) is 52.5 Å². The Balaban J connectivity index is 2.60. The minimum Gasteiger partial charge on any atom is -0.505 e. The van der Waals surface area contributed by atoms with Crippen LogP contribution >= 0.6 is 46.4 Å². The van der Waals surface area contributed by atoms with Crippen molar-refractivity contribution in [3.8, 4) is 11.5 Å². The molecular formula is C22H12Cl4O7. The van der Waals surface area contributed by atoms with Crippen LogP contribution in [0, 0.1) is 0 Å². The Morgan fingerprint density at radius 2 is 1.70 bits per heavy atom. The van der Waals surface area contributed by atoms with Crippen molar-refractivity contribution < 1.29 is 34.4 Å². The molecule has 1 heterocycles. The number of carboxylic acid groups (broad SMARTS) is 2. The summed E-state index contributed by atoms with van der Waals surface area (Å²) in [7, 11) is 0. The Morgan fingerprint density at radius 3 is 2.24 bits per heavy atom. The van der Waals surface area contributed by atoms with Gasteiger partial charge in [-0.15, -0.1) is 0 Å². The second kappa shape index (κ2) is 9.49. The molecule has 0 bridgehead atoms. The van der Waals surface area contributed by atoms with Crippen LogP contribution in [0.2, 0.25) is 10.0 Å². The molecule has 1 aliphatic rings. The van der Waals surface area contributed by atoms with Crippen molar-refractivity contribution in [2.45, 2.75) is 6.92 Å². The summed E-state index contributed by atoms with van der Waals surface area (Å²) in [4.78, 5) is 34.9. The molecule has 0 fully saturated rings. The zero-order valence-corrected chi connectivity index (χ0v) is 19.5. The van der Waals surface area contributed by atoms with Gasteiger partial charge in [0.05, 0.1) is 16.1 Å². The second-order valence-corrected chi connectivity index (χ2v) is 8.47. The number of aromatic carboxylic acids is 2. The largest absolute Gasteiger partial charge is 0.505 e. The lowest BCUT2D eigenvalue weighted by atomic mass is 9.86. The number of phenols is 1. The number of carbonyl (C=O) groups is 3. The molecule has 1 aliphatic heterocycles. The number of hydrogen-bond acceptors (Lipinski definition) is 5. The molecule has 0 aromatic heterocycles. The topological polar surface area (TPSA) is 121 Å². The van der Waals surface area contributed by atoms with E-state index >= 15 is 0 Å². The first-order chi connectivity index (χ1) is 15.5. The second-order valence-electron chi connectivity index (χ2n) is 6.69. The first-order valence-corrected chi connectivity index (χ1v) is 10.4. The summed E-state index contributed by atoms with van der Waals surface area (Å²) in [5.74, 6) is -3.63. The lowest BCUT2D eigenvalue weighted by Gasteiger charge is -2.27. The molecule has 0 spiro atoms. The van der Waals surface area contributed by atoms with Crippen LogP contribution in [0.3, 0.4) is 0 Å². The van der Waals surface area contributed by atoms with Crippen LogP contribution in [0.4, 0.5) is 0 Å². The van der Waals surface area contributed by atoms with Crippen LogP contribution in [0.5, 0.6) is 11.5 Å². The molecule has 0 amide bonds. The fourth-order valence-corrected chi connectivity index (χ4v) is 3.97. The van der Waals surface area contributed by atoms with Crippen molar-refractivity contribution in [2.24, 2.45) is 0 Å². The number of benzene rings is 2. The monoisotopic (exact) mass is 528 g/mol. The van der Waals surface area contributed by atoms with E-state index in [9.17, 15) is 29.7 Å². The fraction of sp³-hybridized carbons (Fsp3) is 0.0455. The molecular weight excluding hydrogens is 518 g/mol. The maximum absolute atomic E-state index is 12.1. The van der Waals surface area contributed by atoms with E-state index in [0.29, 0.717) is 6.29 Å². The van der Waals surface area contributed by atoms with Crippen LogP contribution in [0.25, 0.3) is 5.57 Å². The van der Waals surface area contributed by atoms with Gasteiger partial charge in [0.1, 0.15) is 10.1 Å². The van der Waals surface area contributed by atoms with E-state index in [1.165, 1.54) is 31.2 Å². The van der Waals surface area contributed by atoms with Crippen LogP contribution < -0.4 is 4.74 Å². The summed E-state index contributed by atoms with van der Waals surface area (Å²) in [6.07, 6.45) is 1.68. The average Bonchev–Trinajstić information content (AvgIpc) is 2.76. The van der Waals surface area contributed by atoms with E-state index in [2.05, 4.69) is 0 Å². The standard InChI is InChI=1S/C22H12Cl4O7/c1-8(23)4-12-16(10-3-2-9(21(29)30)5-11(10)22(31)32)13-6-14(24)18(28)17(26)20(13)33-19(12)15(25)7-27/h2-7,28H,1H3,(H,29,30)(H,31,32)/b8-4+,19-15-. The zero-order chi connectivity index (χ0) is 24.6. The molecule has 11 heteroatoms. The van der Waals surface area contributed by atoms with Gasteiger partial charge in [-0.2, -0.15) is 0 Å². The van der Waals surface area contributed by atoms with Gasteiger partial charge in [0, 0.05) is 21.7 Å². The van der Waals surface area contributed by atoms with Gasteiger partial charge in [0.2, 0.25) is 0 Å². The Kier molecular flexibility index (Phi) is 7.09. The van der Waals surface area contributed by atoms with Gasteiger partial charge >= 0.3 is 11.9 Å². The fourth-order valence-electron chi connectivity index (χ4n) is 3.22. The smallest absolute Gasteiger partial charge is 0.336 e. The maximum atomic E-state index is 12.1. The third kappa shape index (κ3) is 4.58. The van der Waals surface area contributed by atoms with Crippen molar-refractivity contribution >= 4 is 70.2 Å². The number of phenolic OH excluding ortho intramolecular Hbond substituents is 1. The average molecular weight is 530 g/mol. The summed E-state index contributed by atoms with van der Waals surface area (Å²) in [6.45, 7) is 1.52. The number of fused-ring (bicyclic) bond motifs is 1.